The summed E-state index contributed by atoms with van der Waals surface area (Å²) >= 11 is 0. The van der Waals surface area contributed by atoms with E-state index in [1.807, 2.05) is 0 Å². The molecule has 0 saturated heterocycles. The van der Waals surface area contributed by atoms with Gasteiger partial charge in [0.05, 0.1) is 12.7 Å². The Morgan fingerprint density at radius 2 is 2.05 bits per heavy atom. The van der Waals surface area contributed by atoms with Crippen LogP contribution < -0.4 is 5.32 Å². The van der Waals surface area contributed by atoms with Crippen LogP contribution in [0.25, 0.3) is 0 Å². The van der Waals surface area contributed by atoms with Crippen LogP contribution in [0.5, 0.6) is 0 Å². The van der Waals surface area contributed by atoms with Gasteiger partial charge in [-0.3, -0.25) is 9.78 Å². The molecular weight excluding hydrogens is 263 g/mol. The Morgan fingerprint density at radius 1 is 1.25 bits per heavy atom. The van der Waals surface area contributed by atoms with E-state index in [1.54, 1.807) is 18.2 Å². The summed E-state index contributed by atoms with van der Waals surface area (Å²) in [6.45, 7) is 0. The summed E-state index contributed by atoms with van der Waals surface area (Å²) in [5.41, 5.74) is 0.255. The van der Waals surface area contributed by atoms with Gasteiger partial charge in [-0.2, -0.15) is 0 Å². The number of ether oxygens (including phenoxy) is 1. The summed E-state index contributed by atoms with van der Waals surface area (Å²) in [6, 6.07) is 8.54. The highest BCUT2D eigenvalue weighted by atomic mass is 19.1. The van der Waals surface area contributed by atoms with E-state index in [0.717, 1.165) is 13.2 Å². The molecule has 0 radical (unpaired) electrons. The third-order valence-electron chi connectivity index (χ3n) is 2.53. The number of nitrogens with one attached hydrogen (secondary N) is 1. The minimum atomic E-state index is -0.809. The van der Waals surface area contributed by atoms with Crippen LogP contribution in [0.2, 0.25) is 0 Å². The minimum Gasteiger partial charge on any atom is -0.465 e. The van der Waals surface area contributed by atoms with Gasteiger partial charge < -0.3 is 10.1 Å². The molecule has 0 fully saturated rings. The zero-order chi connectivity index (χ0) is 14.5. The van der Waals surface area contributed by atoms with E-state index in [-0.39, 0.29) is 16.9 Å². The smallest absolute Gasteiger partial charge is 0.340 e. The van der Waals surface area contributed by atoms with Gasteiger partial charge in [-0.05, 0) is 30.3 Å². The standard InChI is InChI=1S/C14H11FN2O3/c1-20-14(19)10-8-9(5-6-11(10)15)17-13(18)12-4-2-3-7-16-12/h2-8H,1H3,(H,17,18). The van der Waals surface area contributed by atoms with Gasteiger partial charge in [-0.25, -0.2) is 9.18 Å². The van der Waals surface area contributed by atoms with Crippen LogP contribution >= 0.6 is 0 Å². The number of rotatable bonds is 3. The van der Waals surface area contributed by atoms with Crippen molar-refractivity contribution in [3.63, 3.8) is 0 Å². The van der Waals surface area contributed by atoms with E-state index in [0.29, 0.717) is 0 Å². The number of methoxy groups -OCH3 is 1. The molecule has 0 aliphatic rings. The number of carbonyl (C=O) groups excluding carboxylic acids is 2. The molecule has 1 heterocycles. The molecule has 1 aromatic heterocycles. The maximum Gasteiger partial charge on any atom is 0.340 e. The maximum atomic E-state index is 13.4. The van der Waals surface area contributed by atoms with Crippen molar-refractivity contribution in [2.45, 2.75) is 0 Å². The molecule has 0 aliphatic heterocycles. The Hall–Kier alpha value is -2.76. The molecule has 20 heavy (non-hydrogen) atoms. The topological polar surface area (TPSA) is 68.3 Å². The van der Waals surface area contributed by atoms with Gasteiger partial charge >= 0.3 is 5.97 Å². The van der Waals surface area contributed by atoms with Crippen LogP contribution in [0.3, 0.4) is 0 Å². The monoisotopic (exact) mass is 274 g/mol. The second-order valence-electron chi connectivity index (χ2n) is 3.86. The van der Waals surface area contributed by atoms with Crippen LogP contribution in [-0.2, 0) is 4.74 Å². The van der Waals surface area contributed by atoms with Gasteiger partial charge in [-0.1, -0.05) is 6.07 Å². The Labute approximate surface area is 114 Å². The lowest BCUT2D eigenvalue weighted by atomic mass is 10.2. The van der Waals surface area contributed by atoms with E-state index < -0.39 is 17.7 Å². The third kappa shape index (κ3) is 2.97. The summed E-state index contributed by atoms with van der Waals surface area (Å²) in [4.78, 5) is 27.1. The van der Waals surface area contributed by atoms with E-state index in [9.17, 15) is 14.0 Å². The molecule has 1 aromatic carbocycles. The first-order valence-electron chi connectivity index (χ1n) is 5.72. The predicted octanol–water partition coefficient (Wildman–Crippen LogP) is 2.26. The molecule has 1 N–H and O–H groups in total. The average molecular weight is 274 g/mol. The molecule has 0 spiro atoms. The van der Waals surface area contributed by atoms with Crippen LogP contribution in [0.15, 0.2) is 42.6 Å². The Morgan fingerprint density at radius 3 is 2.70 bits per heavy atom. The second kappa shape index (κ2) is 5.92. The van der Waals surface area contributed by atoms with Gasteiger partial charge in [0.2, 0.25) is 0 Å². The fraction of sp³-hybridized carbons (Fsp3) is 0.0714. The number of anilines is 1. The van der Waals surface area contributed by atoms with Crippen molar-refractivity contribution in [3.05, 3.63) is 59.7 Å². The van der Waals surface area contributed by atoms with Gasteiger partial charge in [0.25, 0.3) is 5.91 Å². The fourth-order valence-corrected chi connectivity index (χ4v) is 1.56. The number of amides is 1. The summed E-state index contributed by atoms with van der Waals surface area (Å²) in [5.74, 6) is -1.97. The first-order valence-corrected chi connectivity index (χ1v) is 5.72. The number of pyridine rings is 1. The highest BCUT2D eigenvalue weighted by Crippen LogP contribution is 2.16. The van der Waals surface area contributed by atoms with Gasteiger partial charge in [0.1, 0.15) is 11.5 Å². The number of benzene rings is 1. The van der Waals surface area contributed by atoms with Crippen molar-refractivity contribution in [1.82, 2.24) is 4.98 Å². The van der Waals surface area contributed by atoms with Crippen molar-refractivity contribution in [1.29, 1.82) is 0 Å². The molecule has 0 unspecified atom stereocenters. The van der Waals surface area contributed by atoms with Crippen molar-refractivity contribution in [2.75, 3.05) is 12.4 Å². The normalized spacial score (nSPS) is 9.90. The first kappa shape index (κ1) is 13.7. The van der Waals surface area contributed by atoms with Crippen LogP contribution in [-0.4, -0.2) is 24.0 Å². The van der Waals surface area contributed by atoms with Crippen molar-refractivity contribution < 1.29 is 18.7 Å². The van der Waals surface area contributed by atoms with Crippen LogP contribution in [0.4, 0.5) is 10.1 Å². The first-order chi connectivity index (χ1) is 9.61. The van der Waals surface area contributed by atoms with Gasteiger partial charge in [0, 0.05) is 11.9 Å². The summed E-state index contributed by atoms with van der Waals surface area (Å²) in [7, 11) is 1.15. The lowest BCUT2D eigenvalue weighted by Crippen LogP contribution is -2.14. The number of hydrogen-bond acceptors (Lipinski definition) is 4. The molecule has 2 aromatic rings. The zero-order valence-corrected chi connectivity index (χ0v) is 10.6. The highest BCUT2D eigenvalue weighted by molar-refractivity contribution is 6.03. The lowest BCUT2D eigenvalue weighted by Gasteiger charge is -2.07. The molecule has 0 saturated carbocycles. The lowest BCUT2D eigenvalue weighted by molar-refractivity contribution is 0.0595. The predicted molar refractivity (Wildman–Crippen MR) is 69.9 cm³/mol. The van der Waals surface area contributed by atoms with E-state index in [1.165, 1.54) is 18.3 Å². The summed E-state index contributed by atoms with van der Waals surface area (Å²) in [6.07, 6.45) is 1.49. The maximum absolute atomic E-state index is 13.4. The molecule has 5 nitrogen and oxygen atoms in total. The number of hydrogen-bond donors (Lipinski definition) is 1. The SMILES string of the molecule is COC(=O)c1cc(NC(=O)c2ccccn2)ccc1F. The second-order valence-corrected chi connectivity index (χ2v) is 3.86. The van der Waals surface area contributed by atoms with E-state index in [2.05, 4.69) is 15.0 Å². The number of aromatic nitrogens is 1. The Kier molecular flexibility index (Phi) is 4.05. The molecule has 102 valence electrons. The molecule has 2 rings (SSSR count). The van der Waals surface area contributed by atoms with Crippen LogP contribution in [0, 0.1) is 5.82 Å². The van der Waals surface area contributed by atoms with Gasteiger partial charge in [0.15, 0.2) is 0 Å². The number of nitrogens with zero attached hydrogens (tertiary/aromatic N) is 1. The summed E-state index contributed by atoms with van der Waals surface area (Å²) < 4.78 is 17.9. The third-order valence-corrected chi connectivity index (χ3v) is 2.53. The Bertz CT molecular complexity index is 644. The average Bonchev–Trinajstić information content (AvgIpc) is 2.49. The van der Waals surface area contributed by atoms with Gasteiger partial charge in [-0.15, -0.1) is 0 Å². The number of carbonyl (C=O) groups is 2. The van der Waals surface area contributed by atoms with Crippen molar-refractivity contribution >= 4 is 17.6 Å². The molecule has 0 bridgehead atoms. The number of halogens is 1. The minimum absolute atomic E-state index is 0.219. The molecule has 0 aliphatic carbocycles. The van der Waals surface area contributed by atoms with E-state index >= 15 is 0 Å². The fourth-order valence-electron chi connectivity index (χ4n) is 1.56. The largest absolute Gasteiger partial charge is 0.465 e. The quantitative estimate of drug-likeness (QED) is 0.872. The Balaban J connectivity index is 2.22. The number of esters is 1. The van der Waals surface area contributed by atoms with Crippen LogP contribution in [0.1, 0.15) is 20.8 Å². The highest BCUT2D eigenvalue weighted by Gasteiger charge is 2.14. The molecule has 6 heteroatoms. The van der Waals surface area contributed by atoms with E-state index in [4.69, 9.17) is 0 Å². The zero-order valence-electron chi connectivity index (χ0n) is 10.6. The molecule has 0 atom stereocenters. The summed E-state index contributed by atoms with van der Waals surface area (Å²) in [5, 5.41) is 2.53. The molecule has 1 amide bonds. The van der Waals surface area contributed by atoms with Crippen molar-refractivity contribution in [3.8, 4) is 0 Å². The molecular formula is C14H11FN2O3. The van der Waals surface area contributed by atoms with Crippen molar-refractivity contribution in [2.24, 2.45) is 0 Å².